The third-order valence-electron chi connectivity index (χ3n) is 3.12. The first-order valence-corrected chi connectivity index (χ1v) is 8.15. The van der Waals surface area contributed by atoms with E-state index in [4.69, 9.17) is 4.42 Å². The molecule has 7 nitrogen and oxygen atoms in total. The topological polar surface area (TPSA) is 85.3 Å². The third-order valence-corrected chi connectivity index (χ3v) is 4.14. The molecule has 0 fully saturated rings. The Labute approximate surface area is 142 Å². The Balaban J connectivity index is 1.55. The SMILES string of the molecule is Cn1c(SCC(=O)NN=Cc2ccco2)nnc1-c1ccccc1. The molecule has 0 unspecified atom stereocenters. The summed E-state index contributed by atoms with van der Waals surface area (Å²) in [7, 11) is 1.87. The van der Waals surface area contributed by atoms with Gasteiger partial charge in [0.2, 0.25) is 0 Å². The highest BCUT2D eigenvalue weighted by atomic mass is 32.2. The molecule has 1 amide bonds. The lowest BCUT2D eigenvalue weighted by Gasteiger charge is -2.03. The van der Waals surface area contributed by atoms with Crippen molar-refractivity contribution in [3.05, 3.63) is 54.5 Å². The number of hydrazone groups is 1. The minimum absolute atomic E-state index is 0.191. The standard InChI is InChI=1S/C16H15N5O2S/c1-21-15(12-6-3-2-4-7-12)19-20-16(21)24-11-14(22)18-17-10-13-8-5-9-23-13/h2-10H,11H2,1H3,(H,18,22). The van der Waals surface area contributed by atoms with Crippen LogP contribution in [-0.4, -0.2) is 32.6 Å². The molecule has 24 heavy (non-hydrogen) atoms. The third kappa shape index (κ3) is 3.90. The second-order valence-electron chi connectivity index (χ2n) is 4.83. The molecule has 122 valence electrons. The molecule has 2 aromatic heterocycles. The van der Waals surface area contributed by atoms with E-state index in [1.807, 2.05) is 41.9 Å². The van der Waals surface area contributed by atoms with Crippen LogP contribution in [0.5, 0.6) is 0 Å². The number of thioether (sulfide) groups is 1. The van der Waals surface area contributed by atoms with Crippen molar-refractivity contribution in [3.63, 3.8) is 0 Å². The first kappa shape index (κ1) is 16.0. The van der Waals surface area contributed by atoms with E-state index in [0.717, 1.165) is 11.4 Å². The van der Waals surface area contributed by atoms with E-state index in [0.29, 0.717) is 10.9 Å². The minimum Gasteiger partial charge on any atom is -0.463 e. The molecule has 0 spiro atoms. The Kier molecular flexibility index (Phi) is 5.07. The zero-order valence-corrected chi connectivity index (χ0v) is 13.7. The minimum atomic E-state index is -0.230. The molecule has 0 saturated carbocycles. The number of hydrogen-bond donors (Lipinski definition) is 1. The average molecular weight is 341 g/mol. The molecule has 0 aliphatic rings. The van der Waals surface area contributed by atoms with Crippen LogP contribution in [0.3, 0.4) is 0 Å². The first-order chi connectivity index (χ1) is 11.7. The molecule has 0 atom stereocenters. The molecule has 2 heterocycles. The molecule has 1 N–H and O–H groups in total. The van der Waals surface area contributed by atoms with E-state index in [-0.39, 0.29) is 11.7 Å². The van der Waals surface area contributed by atoms with E-state index < -0.39 is 0 Å². The first-order valence-electron chi connectivity index (χ1n) is 7.17. The molecule has 0 saturated heterocycles. The van der Waals surface area contributed by atoms with Crippen molar-refractivity contribution in [1.82, 2.24) is 20.2 Å². The fraction of sp³-hybridized carbons (Fsp3) is 0.125. The summed E-state index contributed by atoms with van der Waals surface area (Å²) in [5, 5.41) is 12.8. The van der Waals surface area contributed by atoms with Crippen molar-refractivity contribution >= 4 is 23.9 Å². The number of carbonyl (C=O) groups excluding carboxylic acids is 1. The number of carbonyl (C=O) groups is 1. The van der Waals surface area contributed by atoms with E-state index in [1.165, 1.54) is 24.2 Å². The van der Waals surface area contributed by atoms with Crippen molar-refractivity contribution in [2.75, 3.05) is 5.75 Å². The van der Waals surface area contributed by atoms with Gasteiger partial charge in [-0.15, -0.1) is 10.2 Å². The Morgan fingerprint density at radius 2 is 2.12 bits per heavy atom. The van der Waals surface area contributed by atoms with Gasteiger partial charge in [0.25, 0.3) is 5.91 Å². The Morgan fingerprint density at radius 1 is 1.29 bits per heavy atom. The largest absolute Gasteiger partial charge is 0.463 e. The maximum Gasteiger partial charge on any atom is 0.250 e. The highest BCUT2D eigenvalue weighted by molar-refractivity contribution is 7.99. The van der Waals surface area contributed by atoms with Gasteiger partial charge in [-0.25, -0.2) is 5.43 Å². The van der Waals surface area contributed by atoms with Gasteiger partial charge in [-0.3, -0.25) is 4.79 Å². The van der Waals surface area contributed by atoms with Crippen molar-refractivity contribution in [2.45, 2.75) is 5.16 Å². The summed E-state index contributed by atoms with van der Waals surface area (Å²) in [4.78, 5) is 11.8. The highest BCUT2D eigenvalue weighted by Gasteiger charge is 2.12. The Bertz CT molecular complexity index is 828. The second kappa shape index (κ2) is 7.60. The number of aromatic nitrogens is 3. The van der Waals surface area contributed by atoms with Crippen LogP contribution < -0.4 is 5.43 Å². The van der Waals surface area contributed by atoms with E-state index >= 15 is 0 Å². The molecule has 0 aliphatic carbocycles. The summed E-state index contributed by atoms with van der Waals surface area (Å²) < 4.78 is 6.94. The average Bonchev–Trinajstić information content (AvgIpc) is 3.24. The molecule has 0 aliphatic heterocycles. The number of nitrogens with one attached hydrogen (secondary N) is 1. The predicted molar refractivity (Wildman–Crippen MR) is 91.6 cm³/mol. The Morgan fingerprint density at radius 3 is 2.88 bits per heavy atom. The molecule has 8 heteroatoms. The van der Waals surface area contributed by atoms with E-state index in [1.54, 1.807) is 12.1 Å². The Hall–Kier alpha value is -2.87. The molecular formula is C16H15N5O2S. The molecular weight excluding hydrogens is 326 g/mol. The van der Waals surface area contributed by atoms with Crippen molar-refractivity contribution in [1.29, 1.82) is 0 Å². The second-order valence-corrected chi connectivity index (χ2v) is 5.77. The molecule has 0 radical (unpaired) electrons. The van der Waals surface area contributed by atoms with Gasteiger partial charge in [0.1, 0.15) is 5.76 Å². The number of benzene rings is 1. The van der Waals surface area contributed by atoms with Crippen LogP contribution in [0, 0.1) is 0 Å². The van der Waals surface area contributed by atoms with Gasteiger partial charge < -0.3 is 8.98 Å². The van der Waals surface area contributed by atoms with Crippen LogP contribution in [0.2, 0.25) is 0 Å². The maximum atomic E-state index is 11.8. The fourth-order valence-electron chi connectivity index (χ4n) is 1.97. The number of furan rings is 1. The van der Waals surface area contributed by atoms with Gasteiger partial charge in [0.15, 0.2) is 11.0 Å². The fourth-order valence-corrected chi connectivity index (χ4v) is 2.68. The van der Waals surface area contributed by atoms with Gasteiger partial charge >= 0.3 is 0 Å². The van der Waals surface area contributed by atoms with Crippen LogP contribution in [0.4, 0.5) is 0 Å². The van der Waals surface area contributed by atoms with Crippen LogP contribution in [-0.2, 0) is 11.8 Å². The lowest BCUT2D eigenvalue weighted by molar-refractivity contribution is -0.118. The molecule has 3 aromatic rings. The normalized spacial score (nSPS) is 11.0. The quantitative estimate of drug-likeness (QED) is 0.422. The summed E-state index contributed by atoms with van der Waals surface area (Å²) in [6, 6.07) is 13.3. The van der Waals surface area contributed by atoms with E-state index in [9.17, 15) is 4.79 Å². The number of rotatable bonds is 6. The molecule has 1 aromatic carbocycles. The van der Waals surface area contributed by atoms with Gasteiger partial charge in [-0.05, 0) is 12.1 Å². The lowest BCUT2D eigenvalue weighted by atomic mass is 10.2. The summed E-state index contributed by atoms with van der Waals surface area (Å²) in [5.74, 6) is 1.29. The monoisotopic (exact) mass is 341 g/mol. The van der Waals surface area contributed by atoms with Crippen molar-refractivity contribution in [3.8, 4) is 11.4 Å². The van der Waals surface area contributed by atoms with Crippen molar-refractivity contribution < 1.29 is 9.21 Å². The van der Waals surface area contributed by atoms with E-state index in [2.05, 4.69) is 20.7 Å². The number of amides is 1. The van der Waals surface area contributed by atoms with Crippen LogP contribution in [0.1, 0.15) is 5.76 Å². The molecule has 0 bridgehead atoms. The number of nitrogens with zero attached hydrogens (tertiary/aromatic N) is 4. The van der Waals surface area contributed by atoms with Crippen LogP contribution >= 0.6 is 11.8 Å². The number of hydrogen-bond acceptors (Lipinski definition) is 6. The summed E-state index contributed by atoms with van der Waals surface area (Å²) >= 11 is 1.30. The predicted octanol–water partition coefficient (Wildman–Crippen LogP) is 2.32. The van der Waals surface area contributed by atoms with Gasteiger partial charge in [-0.1, -0.05) is 42.1 Å². The summed E-state index contributed by atoms with van der Waals surface area (Å²) in [6.45, 7) is 0. The maximum absolute atomic E-state index is 11.8. The molecule has 3 rings (SSSR count). The van der Waals surface area contributed by atoms with Crippen LogP contribution in [0.15, 0.2) is 63.4 Å². The van der Waals surface area contributed by atoms with Crippen LogP contribution in [0.25, 0.3) is 11.4 Å². The summed E-state index contributed by atoms with van der Waals surface area (Å²) in [5.41, 5.74) is 3.42. The van der Waals surface area contributed by atoms with Gasteiger partial charge in [0, 0.05) is 12.6 Å². The smallest absolute Gasteiger partial charge is 0.250 e. The van der Waals surface area contributed by atoms with Gasteiger partial charge in [0.05, 0.1) is 18.2 Å². The zero-order chi connectivity index (χ0) is 16.8. The van der Waals surface area contributed by atoms with Gasteiger partial charge in [-0.2, -0.15) is 5.10 Å². The lowest BCUT2D eigenvalue weighted by Crippen LogP contribution is -2.19. The zero-order valence-electron chi connectivity index (χ0n) is 12.9. The van der Waals surface area contributed by atoms with Crippen molar-refractivity contribution in [2.24, 2.45) is 12.1 Å². The summed E-state index contributed by atoms with van der Waals surface area (Å²) in [6.07, 6.45) is 2.98. The highest BCUT2D eigenvalue weighted by Crippen LogP contribution is 2.22.